The molecule has 7 heteroatoms. The molecule has 1 aliphatic heterocycles. The fourth-order valence-corrected chi connectivity index (χ4v) is 4.12. The molecule has 1 N–H and O–H groups in total. The van der Waals surface area contributed by atoms with E-state index in [2.05, 4.69) is 24.1 Å². The molecule has 0 aliphatic carbocycles. The minimum Gasteiger partial charge on any atom is -0.376 e. The molecule has 3 rings (SSSR count). The Balaban J connectivity index is 1.83. The second-order valence-electron chi connectivity index (χ2n) is 6.83. The van der Waals surface area contributed by atoms with Gasteiger partial charge in [0.05, 0.1) is 29.3 Å². The first-order valence-corrected chi connectivity index (χ1v) is 10.6. The van der Waals surface area contributed by atoms with Crippen molar-refractivity contribution in [3.05, 3.63) is 34.6 Å². The van der Waals surface area contributed by atoms with E-state index < -0.39 is 0 Å². The van der Waals surface area contributed by atoms with Crippen LogP contribution in [0.3, 0.4) is 0 Å². The molecule has 1 aromatic carbocycles. The van der Waals surface area contributed by atoms with Gasteiger partial charge in [0.15, 0.2) is 5.16 Å². The van der Waals surface area contributed by atoms with Gasteiger partial charge in [0, 0.05) is 12.6 Å². The maximum atomic E-state index is 13.0. The normalized spacial score (nSPS) is 16.9. The van der Waals surface area contributed by atoms with Crippen LogP contribution in [0.5, 0.6) is 0 Å². The number of hydrogen-bond donors (Lipinski definition) is 1. The van der Waals surface area contributed by atoms with Crippen LogP contribution in [-0.4, -0.2) is 40.0 Å². The van der Waals surface area contributed by atoms with E-state index in [9.17, 15) is 9.59 Å². The lowest BCUT2D eigenvalue weighted by atomic mass is 10.2. The van der Waals surface area contributed by atoms with Crippen LogP contribution in [-0.2, 0) is 16.1 Å². The molecule has 1 saturated heterocycles. The van der Waals surface area contributed by atoms with Crippen LogP contribution in [0.25, 0.3) is 10.9 Å². The van der Waals surface area contributed by atoms with Gasteiger partial charge < -0.3 is 10.1 Å². The summed E-state index contributed by atoms with van der Waals surface area (Å²) in [6.45, 7) is 5.34. The van der Waals surface area contributed by atoms with E-state index in [0.717, 1.165) is 32.3 Å². The van der Waals surface area contributed by atoms with Crippen LogP contribution >= 0.6 is 11.8 Å². The number of hydrogen-bond acceptors (Lipinski definition) is 5. The van der Waals surface area contributed by atoms with Crippen molar-refractivity contribution in [1.82, 2.24) is 14.9 Å². The topological polar surface area (TPSA) is 73.2 Å². The number of fused-ring (bicyclic) bond motifs is 1. The predicted molar refractivity (Wildman–Crippen MR) is 108 cm³/mol. The summed E-state index contributed by atoms with van der Waals surface area (Å²) in [6, 6.07) is 7.54. The summed E-state index contributed by atoms with van der Waals surface area (Å²) >= 11 is 1.31. The Kier molecular flexibility index (Phi) is 6.90. The average Bonchev–Trinajstić information content (AvgIpc) is 3.20. The smallest absolute Gasteiger partial charge is 0.262 e. The first-order valence-electron chi connectivity index (χ1n) is 9.65. The molecule has 1 aliphatic rings. The SMILES string of the molecule is CCC(CC)NC(=O)CSc1nc2ccccc2c(=O)n1C[C@@H]1CCCO1. The molecule has 6 nitrogen and oxygen atoms in total. The molecular formula is C20H27N3O3S. The second-order valence-corrected chi connectivity index (χ2v) is 7.77. The number of amides is 1. The summed E-state index contributed by atoms with van der Waals surface area (Å²) in [4.78, 5) is 29.9. The molecule has 0 unspecified atom stereocenters. The van der Waals surface area contributed by atoms with E-state index in [4.69, 9.17) is 4.74 Å². The first kappa shape index (κ1) is 19.9. The van der Waals surface area contributed by atoms with Crippen LogP contribution in [0, 0.1) is 0 Å². The Hall–Kier alpha value is -1.86. The number of nitrogens with one attached hydrogen (secondary N) is 1. The number of rotatable bonds is 8. The highest BCUT2D eigenvalue weighted by Crippen LogP contribution is 2.21. The van der Waals surface area contributed by atoms with Gasteiger partial charge in [-0.1, -0.05) is 37.7 Å². The number of carbonyl (C=O) groups is 1. The van der Waals surface area contributed by atoms with E-state index in [1.165, 1.54) is 11.8 Å². The molecular weight excluding hydrogens is 362 g/mol. The number of thioether (sulfide) groups is 1. The van der Waals surface area contributed by atoms with E-state index in [0.29, 0.717) is 22.6 Å². The minimum atomic E-state index is -0.0704. The molecule has 146 valence electrons. The number of ether oxygens (including phenoxy) is 1. The van der Waals surface area contributed by atoms with Gasteiger partial charge in [-0.2, -0.15) is 0 Å². The fraction of sp³-hybridized carbons (Fsp3) is 0.550. The summed E-state index contributed by atoms with van der Waals surface area (Å²) in [6.07, 6.45) is 3.80. The molecule has 1 amide bonds. The molecule has 0 saturated carbocycles. The van der Waals surface area contributed by atoms with Gasteiger partial charge in [0.25, 0.3) is 5.56 Å². The Labute approximate surface area is 163 Å². The quantitative estimate of drug-likeness (QED) is 0.555. The first-order chi connectivity index (χ1) is 13.1. The standard InChI is InChI=1S/C20H27N3O3S/c1-3-14(4-2)21-18(24)13-27-20-22-17-10-6-5-9-16(17)19(25)23(20)12-15-8-7-11-26-15/h5-6,9-10,14-15H,3-4,7-8,11-13H2,1-2H3,(H,21,24)/t15-/m0/s1. The fourth-order valence-electron chi connectivity index (χ4n) is 3.30. The molecule has 0 bridgehead atoms. The number of aromatic nitrogens is 2. The third-order valence-corrected chi connectivity index (χ3v) is 5.90. The Morgan fingerprint density at radius 3 is 2.85 bits per heavy atom. The second kappa shape index (κ2) is 9.37. The van der Waals surface area contributed by atoms with E-state index in [1.807, 2.05) is 18.2 Å². The van der Waals surface area contributed by atoms with Crippen molar-refractivity contribution in [3.8, 4) is 0 Å². The van der Waals surface area contributed by atoms with Gasteiger partial charge in [-0.25, -0.2) is 4.98 Å². The Bertz CT molecular complexity index is 842. The molecule has 27 heavy (non-hydrogen) atoms. The highest BCUT2D eigenvalue weighted by molar-refractivity contribution is 7.99. The average molecular weight is 390 g/mol. The Morgan fingerprint density at radius 1 is 1.37 bits per heavy atom. The van der Waals surface area contributed by atoms with Crippen molar-refractivity contribution in [1.29, 1.82) is 0 Å². The molecule has 1 aromatic heterocycles. The van der Waals surface area contributed by atoms with E-state index in [-0.39, 0.29) is 29.4 Å². The van der Waals surface area contributed by atoms with Crippen LogP contribution in [0.1, 0.15) is 39.5 Å². The summed E-state index contributed by atoms with van der Waals surface area (Å²) in [7, 11) is 0. The van der Waals surface area contributed by atoms with Crippen molar-refractivity contribution < 1.29 is 9.53 Å². The van der Waals surface area contributed by atoms with Crippen molar-refractivity contribution in [2.45, 2.75) is 63.4 Å². The van der Waals surface area contributed by atoms with Crippen LogP contribution in [0.2, 0.25) is 0 Å². The highest BCUT2D eigenvalue weighted by Gasteiger charge is 2.21. The van der Waals surface area contributed by atoms with Gasteiger partial charge in [0.2, 0.25) is 5.91 Å². The monoisotopic (exact) mass is 389 g/mol. The van der Waals surface area contributed by atoms with Gasteiger partial charge >= 0.3 is 0 Å². The van der Waals surface area contributed by atoms with E-state index >= 15 is 0 Å². The van der Waals surface area contributed by atoms with Crippen molar-refractivity contribution in [2.75, 3.05) is 12.4 Å². The lowest BCUT2D eigenvalue weighted by Gasteiger charge is -2.17. The van der Waals surface area contributed by atoms with Gasteiger partial charge in [-0.3, -0.25) is 14.2 Å². The maximum Gasteiger partial charge on any atom is 0.262 e. The van der Waals surface area contributed by atoms with Gasteiger partial charge in [-0.15, -0.1) is 0 Å². The lowest BCUT2D eigenvalue weighted by molar-refractivity contribution is -0.119. The summed E-state index contributed by atoms with van der Waals surface area (Å²) in [5.74, 6) is 0.215. The number of carbonyl (C=O) groups excluding carboxylic acids is 1. The summed E-state index contributed by atoms with van der Waals surface area (Å²) in [5, 5.41) is 4.21. The third-order valence-electron chi connectivity index (χ3n) is 4.92. The summed E-state index contributed by atoms with van der Waals surface area (Å²) < 4.78 is 7.38. The van der Waals surface area contributed by atoms with Crippen molar-refractivity contribution >= 4 is 28.6 Å². The minimum absolute atomic E-state index is 0.0280. The molecule has 2 heterocycles. The maximum absolute atomic E-state index is 13.0. The summed E-state index contributed by atoms with van der Waals surface area (Å²) in [5.41, 5.74) is 0.591. The Morgan fingerprint density at radius 2 is 2.15 bits per heavy atom. The van der Waals surface area contributed by atoms with Crippen molar-refractivity contribution in [3.63, 3.8) is 0 Å². The van der Waals surface area contributed by atoms with Crippen LogP contribution in [0.15, 0.2) is 34.2 Å². The molecule has 0 radical (unpaired) electrons. The zero-order chi connectivity index (χ0) is 19.2. The zero-order valence-corrected chi connectivity index (χ0v) is 16.8. The lowest BCUT2D eigenvalue weighted by Crippen LogP contribution is -2.35. The van der Waals surface area contributed by atoms with E-state index in [1.54, 1.807) is 10.6 Å². The molecule has 0 spiro atoms. The van der Waals surface area contributed by atoms with Crippen LogP contribution in [0.4, 0.5) is 0 Å². The third kappa shape index (κ3) is 4.90. The number of para-hydroxylation sites is 1. The van der Waals surface area contributed by atoms with Gasteiger partial charge in [-0.05, 0) is 37.8 Å². The molecule has 1 atom stereocenters. The van der Waals surface area contributed by atoms with Crippen molar-refractivity contribution in [2.24, 2.45) is 0 Å². The van der Waals surface area contributed by atoms with Crippen LogP contribution < -0.4 is 10.9 Å². The predicted octanol–water partition coefficient (Wildman–Crippen LogP) is 2.97. The highest BCUT2D eigenvalue weighted by atomic mass is 32.2. The molecule has 2 aromatic rings. The number of benzene rings is 1. The number of nitrogens with zero attached hydrogens (tertiary/aromatic N) is 2. The zero-order valence-electron chi connectivity index (χ0n) is 15.9. The largest absolute Gasteiger partial charge is 0.376 e. The molecule has 1 fully saturated rings. The van der Waals surface area contributed by atoms with Gasteiger partial charge in [0.1, 0.15) is 0 Å².